The summed E-state index contributed by atoms with van der Waals surface area (Å²) in [5.74, 6) is -0.966. The van der Waals surface area contributed by atoms with E-state index in [4.69, 9.17) is 9.26 Å². The molecule has 6 N–H and O–H groups in total. The minimum absolute atomic E-state index is 0.0181. The second-order valence-electron chi connectivity index (χ2n) is 8.48. The first-order chi connectivity index (χ1) is 16.4. The van der Waals surface area contributed by atoms with Crippen molar-refractivity contribution in [3.63, 3.8) is 0 Å². The Kier molecular flexibility index (Phi) is 6.28. The number of fused-ring (bicyclic) bond motifs is 7. The molecule has 5 heterocycles. The lowest BCUT2D eigenvalue weighted by Gasteiger charge is -2.21. The molecular formula is C16H22N4O13P2. The molecule has 2 fully saturated rings. The second-order valence-corrected chi connectivity index (χ2v) is 11.5. The Bertz CT molecular complexity index is 1280. The molecular weight excluding hydrogens is 518 g/mol. The molecule has 10 atom stereocenters. The number of ether oxygens (including phenoxy) is 1. The number of aliphatic hydroxyl groups excluding tert-OH is 4. The molecule has 1 aliphatic carbocycles. The number of phosphoric acid groups is 2. The second kappa shape index (κ2) is 8.76. The topological polar surface area (TPSA) is 245 Å². The Hall–Kier alpha value is -1.59. The predicted molar refractivity (Wildman–Crippen MR) is 110 cm³/mol. The van der Waals surface area contributed by atoms with Gasteiger partial charge < -0.3 is 34.9 Å². The Morgan fingerprint density at radius 3 is 2.26 bits per heavy atom. The molecule has 6 rings (SSSR count). The zero-order valence-electron chi connectivity index (χ0n) is 17.6. The molecule has 2 aromatic rings. The Labute approximate surface area is 195 Å². The van der Waals surface area contributed by atoms with E-state index in [1.807, 2.05) is 0 Å². The zero-order valence-corrected chi connectivity index (χ0v) is 19.4. The van der Waals surface area contributed by atoms with Crippen molar-refractivity contribution in [2.24, 2.45) is 5.92 Å². The van der Waals surface area contributed by atoms with Crippen LogP contribution in [-0.4, -0.2) is 93.0 Å². The van der Waals surface area contributed by atoms with Gasteiger partial charge in [-0.05, 0) is 6.42 Å². The third-order valence-corrected chi connectivity index (χ3v) is 8.91. The first-order valence-electron chi connectivity index (χ1n) is 10.4. The van der Waals surface area contributed by atoms with Gasteiger partial charge in [0.15, 0.2) is 17.4 Å². The molecule has 0 aromatic carbocycles. The number of aromatic nitrogens is 4. The van der Waals surface area contributed by atoms with Crippen LogP contribution >= 0.6 is 15.6 Å². The standard InChI is InChI=1S/C16H22N4O13P2/c21-10-6-1-7(11(10)22)19-5-18-14-9(15(19)25)17-4-20(14)16-13(24)12(23)8(32-16)3-31-35(28,29)33-34(26,27)30-2-6/h4-8,10-13,16,21-24H,1-3H2,(H,26,27)(H,28,29)/t6-,7-,8-,10+,11-,12-,13-,16+/m1/s1. The van der Waals surface area contributed by atoms with Gasteiger partial charge in [0.25, 0.3) is 5.56 Å². The highest BCUT2D eigenvalue weighted by Crippen LogP contribution is 2.61. The summed E-state index contributed by atoms with van der Waals surface area (Å²) in [7, 11) is -10.4. The summed E-state index contributed by atoms with van der Waals surface area (Å²) >= 11 is 0. The van der Waals surface area contributed by atoms with Crippen LogP contribution in [0.3, 0.4) is 0 Å². The fraction of sp³-hybridized carbons (Fsp3) is 0.688. The van der Waals surface area contributed by atoms with E-state index in [9.17, 15) is 44.1 Å². The van der Waals surface area contributed by atoms with Gasteiger partial charge in [0.2, 0.25) is 0 Å². The highest BCUT2D eigenvalue weighted by atomic mass is 31.3. The van der Waals surface area contributed by atoms with Gasteiger partial charge in [-0.15, -0.1) is 0 Å². The normalized spacial score (nSPS) is 44.6. The molecule has 1 saturated heterocycles. The summed E-state index contributed by atoms with van der Waals surface area (Å²) in [6, 6.07) is -1.02. The van der Waals surface area contributed by atoms with Crippen molar-refractivity contribution in [3.05, 3.63) is 23.0 Å². The largest absolute Gasteiger partial charge is 0.481 e. The van der Waals surface area contributed by atoms with E-state index in [0.717, 1.165) is 17.2 Å². The average molecular weight is 540 g/mol. The predicted octanol–water partition coefficient (Wildman–Crippen LogP) is -2.24. The average Bonchev–Trinajstić information content (AvgIpc) is 3.41. The third kappa shape index (κ3) is 4.41. The highest BCUT2D eigenvalue weighted by molar-refractivity contribution is 7.61. The Morgan fingerprint density at radius 1 is 0.886 bits per heavy atom. The molecule has 19 heteroatoms. The summed E-state index contributed by atoms with van der Waals surface area (Å²) in [6.45, 7) is -1.52. The molecule has 194 valence electrons. The van der Waals surface area contributed by atoms with Crippen molar-refractivity contribution in [1.29, 1.82) is 0 Å². The van der Waals surface area contributed by atoms with E-state index in [0.29, 0.717) is 0 Å². The van der Waals surface area contributed by atoms with Crippen LogP contribution in [0.2, 0.25) is 0 Å². The van der Waals surface area contributed by atoms with Crippen LogP contribution in [0.4, 0.5) is 0 Å². The van der Waals surface area contributed by atoms with Gasteiger partial charge in [-0.1, -0.05) is 0 Å². The smallest absolute Gasteiger partial charge is 0.390 e. The number of nitrogens with zero attached hydrogens (tertiary/aromatic N) is 4. The lowest BCUT2D eigenvalue weighted by atomic mass is 10.1. The molecule has 2 unspecified atom stereocenters. The lowest BCUT2D eigenvalue weighted by Crippen LogP contribution is -2.35. The maximum atomic E-state index is 13.1. The zero-order chi connectivity index (χ0) is 25.3. The van der Waals surface area contributed by atoms with E-state index in [1.54, 1.807) is 0 Å². The summed E-state index contributed by atoms with van der Waals surface area (Å²) in [5.41, 5.74) is -0.860. The van der Waals surface area contributed by atoms with Crippen molar-refractivity contribution in [3.8, 4) is 0 Å². The van der Waals surface area contributed by atoms with Gasteiger partial charge in [-0.2, -0.15) is 4.31 Å². The van der Waals surface area contributed by atoms with Gasteiger partial charge in [0.05, 0.1) is 31.7 Å². The van der Waals surface area contributed by atoms with Gasteiger partial charge >= 0.3 is 15.6 Å². The first kappa shape index (κ1) is 25.1. The van der Waals surface area contributed by atoms with Crippen molar-refractivity contribution in [2.45, 2.75) is 49.2 Å². The Morgan fingerprint density at radius 2 is 1.54 bits per heavy atom. The molecule has 8 bridgehead atoms. The van der Waals surface area contributed by atoms with Gasteiger partial charge in [-0.3, -0.25) is 23.0 Å². The van der Waals surface area contributed by atoms with Crippen molar-refractivity contribution >= 4 is 26.8 Å². The molecule has 0 radical (unpaired) electrons. The minimum atomic E-state index is -5.22. The third-order valence-electron chi connectivity index (χ3n) is 6.31. The van der Waals surface area contributed by atoms with Crippen LogP contribution in [-0.2, 0) is 27.2 Å². The SMILES string of the molecule is O=c1c2ncn3c2ncn1[C@@H]1C[C@H](COP(=O)(O)OP(=O)(O)OC[C@H]2O[C@H]3[C@H](O)[C@@H]2O)[C@H](O)[C@@H]1O. The van der Waals surface area contributed by atoms with Crippen LogP contribution < -0.4 is 5.56 Å². The van der Waals surface area contributed by atoms with Crippen molar-refractivity contribution < 1.29 is 57.4 Å². The summed E-state index contributed by atoms with van der Waals surface area (Å²) in [4.78, 5) is 41.0. The van der Waals surface area contributed by atoms with Crippen LogP contribution in [0.5, 0.6) is 0 Å². The quantitative estimate of drug-likeness (QED) is 0.193. The van der Waals surface area contributed by atoms with Gasteiger partial charge in [-0.25, -0.2) is 19.1 Å². The fourth-order valence-electron chi connectivity index (χ4n) is 4.52. The molecule has 0 spiro atoms. The maximum absolute atomic E-state index is 13.1. The van der Waals surface area contributed by atoms with Crippen molar-refractivity contribution in [1.82, 2.24) is 19.1 Å². The Balaban J connectivity index is 1.58. The lowest BCUT2D eigenvalue weighted by molar-refractivity contribution is -0.0504. The minimum Gasteiger partial charge on any atom is -0.390 e. The summed E-state index contributed by atoms with van der Waals surface area (Å²) in [6.07, 6.45) is -6.80. The van der Waals surface area contributed by atoms with Crippen molar-refractivity contribution in [2.75, 3.05) is 13.2 Å². The fourth-order valence-corrected chi connectivity index (χ4v) is 6.65. The number of hydrogen-bond acceptors (Lipinski definition) is 13. The van der Waals surface area contributed by atoms with E-state index in [1.165, 1.54) is 4.57 Å². The van der Waals surface area contributed by atoms with Crippen LogP contribution in [0.1, 0.15) is 18.7 Å². The van der Waals surface area contributed by atoms with E-state index >= 15 is 0 Å². The van der Waals surface area contributed by atoms with Crippen LogP contribution in [0.15, 0.2) is 17.4 Å². The number of imidazole rings is 1. The number of rotatable bonds is 0. The van der Waals surface area contributed by atoms with Gasteiger partial charge in [0.1, 0.15) is 30.7 Å². The van der Waals surface area contributed by atoms with E-state index in [2.05, 4.69) is 18.8 Å². The molecule has 1 saturated carbocycles. The number of phosphoric ester groups is 2. The summed E-state index contributed by atoms with van der Waals surface area (Å²) in [5, 5.41) is 41.7. The summed E-state index contributed by atoms with van der Waals surface area (Å²) < 4.78 is 45.7. The molecule has 3 aliphatic heterocycles. The van der Waals surface area contributed by atoms with Crippen LogP contribution in [0.25, 0.3) is 11.2 Å². The monoisotopic (exact) mass is 540 g/mol. The number of hydrogen-bond donors (Lipinski definition) is 6. The van der Waals surface area contributed by atoms with Gasteiger partial charge in [0, 0.05) is 5.92 Å². The van der Waals surface area contributed by atoms with E-state index < -0.39 is 83.1 Å². The molecule has 17 nitrogen and oxygen atoms in total. The first-order valence-corrected chi connectivity index (χ1v) is 13.3. The molecule has 0 amide bonds. The maximum Gasteiger partial charge on any atom is 0.481 e. The molecule has 4 aliphatic rings. The van der Waals surface area contributed by atoms with E-state index in [-0.39, 0.29) is 17.6 Å². The molecule has 35 heavy (non-hydrogen) atoms. The molecule has 2 aromatic heterocycles. The number of aliphatic hydroxyl groups is 4. The highest BCUT2D eigenvalue weighted by Gasteiger charge is 2.48. The van der Waals surface area contributed by atoms with Crippen LogP contribution in [0, 0.1) is 5.92 Å².